The van der Waals surface area contributed by atoms with E-state index in [0.29, 0.717) is 36.4 Å². The molecule has 2 amide bonds. The summed E-state index contributed by atoms with van der Waals surface area (Å²) in [5.74, 6) is -3.88. The molecule has 3 fully saturated rings. The number of carbonyl (C=O) groups is 3. The lowest BCUT2D eigenvalue weighted by Gasteiger charge is -2.40. The predicted octanol–water partition coefficient (Wildman–Crippen LogP) is 3.51. The van der Waals surface area contributed by atoms with E-state index < -0.39 is 52.9 Å². The van der Waals surface area contributed by atoms with E-state index in [9.17, 15) is 24.6 Å². The van der Waals surface area contributed by atoms with Gasteiger partial charge in [0.2, 0.25) is 5.91 Å². The van der Waals surface area contributed by atoms with Crippen LogP contribution in [-0.2, 0) is 19.1 Å². The van der Waals surface area contributed by atoms with Crippen molar-refractivity contribution in [1.29, 1.82) is 0 Å². The van der Waals surface area contributed by atoms with Crippen molar-refractivity contribution in [3.63, 3.8) is 0 Å². The third-order valence-corrected chi connectivity index (χ3v) is 8.51. The minimum Gasteiger partial charge on any atom is -0.481 e. The number of anilines is 1. The van der Waals surface area contributed by atoms with Crippen molar-refractivity contribution in [2.75, 3.05) is 18.1 Å². The van der Waals surface area contributed by atoms with Crippen LogP contribution in [0.25, 0.3) is 0 Å². The minimum atomic E-state index is -1.29. The topological polar surface area (TPSA) is 107 Å². The molecule has 9 heteroatoms. The maximum absolute atomic E-state index is 14.5. The standard InChI is InChI=1S/C27H35ClN2O6/c1-5-13-29(19-10-8-7-9-18(19)28)24(33)22-27-12-11-26(6-2,36-27)21(25(34)35)20(27)23(32)30(22)17(15-31)14-16(3)4/h5,7-10,16-17,20-22,31H,1,6,11-15H2,2-4H3,(H,34,35)/t17-,20+,21+,22?,26-,27?/m1/s1. The number of amides is 2. The molecule has 3 heterocycles. The number of likely N-dealkylation sites (tertiary alicyclic amines) is 1. The second-order valence-electron chi connectivity index (χ2n) is 10.6. The second-order valence-corrected chi connectivity index (χ2v) is 11.0. The smallest absolute Gasteiger partial charge is 0.310 e. The monoisotopic (exact) mass is 518 g/mol. The fraction of sp³-hybridized carbons (Fsp3) is 0.593. The van der Waals surface area contributed by atoms with Crippen LogP contribution in [0.3, 0.4) is 0 Å². The lowest BCUT2D eigenvalue weighted by atomic mass is 9.65. The van der Waals surface area contributed by atoms with Crippen LogP contribution in [0, 0.1) is 17.8 Å². The summed E-state index contributed by atoms with van der Waals surface area (Å²) in [5, 5.41) is 20.9. The second kappa shape index (κ2) is 9.80. The molecule has 3 aliphatic rings. The lowest BCUT2D eigenvalue weighted by Crippen LogP contribution is -2.59. The third kappa shape index (κ3) is 3.85. The molecular weight excluding hydrogens is 484 g/mol. The lowest BCUT2D eigenvalue weighted by molar-refractivity contribution is -0.157. The highest BCUT2D eigenvalue weighted by atomic mass is 35.5. The number of ether oxygens (including phenoxy) is 1. The van der Waals surface area contributed by atoms with Crippen LogP contribution in [0.4, 0.5) is 5.69 Å². The summed E-state index contributed by atoms with van der Waals surface area (Å²) in [4.78, 5) is 44.0. The first kappa shape index (κ1) is 26.6. The van der Waals surface area contributed by atoms with E-state index in [1.54, 1.807) is 30.3 Å². The van der Waals surface area contributed by atoms with Crippen LogP contribution >= 0.6 is 11.6 Å². The van der Waals surface area contributed by atoms with Gasteiger partial charge in [0, 0.05) is 6.54 Å². The van der Waals surface area contributed by atoms with Crippen molar-refractivity contribution >= 4 is 35.1 Å². The summed E-state index contributed by atoms with van der Waals surface area (Å²) in [6.07, 6.45) is 3.29. The molecule has 0 aliphatic carbocycles. The van der Waals surface area contributed by atoms with Crippen molar-refractivity contribution in [1.82, 2.24) is 4.90 Å². The molecule has 2 unspecified atom stereocenters. The Labute approximate surface area is 216 Å². The van der Waals surface area contributed by atoms with Crippen LogP contribution in [0.5, 0.6) is 0 Å². The number of hydrogen-bond donors (Lipinski definition) is 2. The third-order valence-electron chi connectivity index (χ3n) is 8.19. The van der Waals surface area contributed by atoms with E-state index in [1.807, 2.05) is 20.8 Å². The van der Waals surface area contributed by atoms with E-state index in [1.165, 1.54) is 9.80 Å². The molecule has 36 heavy (non-hydrogen) atoms. The molecule has 3 saturated heterocycles. The van der Waals surface area contributed by atoms with Gasteiger partial charge in [-0.25, -0.2) is 0 Å². The Hall–Kier alpha value is -2.42. The Bertz CT molecular complexity index is 1060. The molecule has 196 valence electrons. The van der Waals surface area contributed by atoms with E-state index in [2.05, 4.69) is 6.58 Å². The molecule has 2 bridgehead atoms. The van der Waals surface area contributed by atoms with Gasteiger partial charge in [-0.15, -0.1) is 6.58 Å². The van der Waals surface area contributed by atoms with Crippen LogP contribution in [0.1, 0.15) is 46.5 Å². The maximum Gasteiger partial charge on any atom is 0.310 e. The number of nitrogens with zero attached hydrogens (tertiary/aromatic N) is 2. The molecule has 0 saturated carbocycles. The summed E-state index contributed by atoms with van der Waals surface area (Å²) in [7, 11) is 0. The Kier molecular flexibility index (Phi) is 7.25. The van der Waals surface area contributed by atoms with Crippen LogP contribution < -0.4 is 4.90 Å². The molecule has 6 atom stereocenters. The summed E-state index contributed by atoms with van der Waals surface area (Å²) in [6.45, 7) is 9.39. The fourth-order valence-corrected chi connectivity index (χ4v) is 7.02. The van der Waals surface area contributed by atoms with Crippen molar-refractivity contribution < 1.29 is 29.3 Å². The first-order chi connectivity index (χ1) is 17.1. The SMILES string of the molecule is C=CCN(C(=O)C1N([C@@H](CO)CC(C)C)C(=O)[C@@H]2[C@@H](C(=O)O)[C@@]3(CC)CCC12O3)c1ccccc1Cl. The number of benzene rings is 1. The molecule has 3 aliphatic heterocycles. The van der Waals surface area contributed by atoms with Gasteiger partial charge in [-0.3, -0.25) is 14.4 Å². The molecule has 0 radical (unpaired) electrons. The van der Waals surface area contributed by atoms with Gasteiger partial charge in [0.05, 0.1) is 34.9 Å². The number of carbonyl (C=O) groups excluding carboxylic acids is 2. The Morgan fingerprint density at radius 3 is 2.58 bits per heavy atom. The minimum absolute atomic E-state index is 0.131. The number of carboxylic acids is 1. The Balaban J connectivity index is 1.89. The van der Waals surface area contributed by atoms with Crippen molar-refractivity contribution in [2.24, 2.45) is 17.8 Å². The Morgan fingerprint density at radius 2 is 2.03 bits per heavy atom. The molecule has 1 aromatic rings. The number of aliphatic hydroxyl groups is 1. The van der Waals surface area contributed by atoms with Gasteiger partial charge in [-0.1, -0.05) is 50.6 Å². The predicted molar refractivity (Wildman–Crippen MR) is 136 cm³/mol. The van der Waals surface area contributed by atoms with Crippen LogP contribution in [-0.4, -0.2) is 69.3 Å². The highest BCUT2D eigenvalue weighted by molar-refractivity contribution is 6.34. The zero-order valence-corrected chi connectivity index (χ0v) is 21.8. The van der Waals surface area contributed by atoms with Crippen molar-refractivity contribution in [3.05, 3.63) is 41.9 Å². The van der Waals surface area contributed by atoms with E-state index in [4.69, 9.17) is 16.3 Å². The van der Waals surface area contributed by atoms with Gasteiger partial charge < -0.3 is 24.7 Å². The van der Waals surface area contributed by atoms with Crippen molar-refractivity contribution in [3.8, 4) is 0 Å². The number of halogens is 1. The zero-order valence-electron chi connectivity index (χ0n) is 21.0. The van der Waals surface area contributed by atoms with E-state index in [0.717, 1.165) is 0 Å². The average Bonchev–Trinajstić information content (AvgIpc) is 3.45. The number of rotatable bonds is 10. The average molecular weight is 519 g/mol. The fourth-order valence-electron chi connectivity index (χ4n) is 6.78. The summed E-state index contributed by atoms with van der Waals surface area (Å²) in [5.41, 5.74) is -1.83. The molecular formula is C27H35ClN2O6. The number of aliphatic carboxylic acids is 1. The van der Waals surface area contributed by atoms with E-state index in [-0.39, 0.29) is 19.1 Å². The number of para-hydroxylation sites is 1. The molecule has 0 aromatic heterocycles. The normalized spacial score (nSPS) is 31.6. The van der Waals surface area contributed by atoms with Gasteiger partial charge >= 0.3 is 5.97 Å². The largest absolute Gasteiger partial charge is 0.481 e. The van der Waals surface area contributed by atoms with Crippen LogP contribution in [0.2, 0.25) is 5.02 Å². The van der Waals surface area contributed by atoms with Gasteiger partial charge in [0.1, 0.15) is 17.6 Å². The van der Waals surface area contributed by atoms with Gasteiger partial charge in [-0.05, 0) is 43.7 Å². The van der Waals surface area contributed by atoms with Crippen molar-refractivity contribution in [2.45, 2.75) is 69.7 Å². The Morgan fingerprint density at radius 1 is 1.33 bits per heavy atom. The van der Waals surface area contributed by atoms with E-state index >= 15 is 0 Å². The molecule has 2 N–H and O–H groups in total. The van der Waals surface area contributed by atoms with Crippen LogP contribution in [0.15, 0.2) is 36.9 Å². The molecule has 1 aromatic carbocycles. The van der Waals surface area contributed by atoms with Gasteiger partial charge in [0.15, 0.2) is 0 Å². The summed E-state index contributed by atoms with van der Waals surface area (Å²) >= 11 is 6.47. The number of fused-ring (bicyclic) bond motifs is 1. The summed E-state index contributed by atoms with van der Waals surface area (Å²) < 4.78 is 6.59. The molecule has 1 spiro atoms. The first-order valence-corrected chi connectivity index (χ1v) is 13.0. The molecule has 4 rings (SSSR count). The highest BCUT2D eigenvalue weighted by Crippen LogP contribution is 2.64. The number of hydrogen-bond acceptors (Lipinski definition) is 5. The van der Waals surface area contributed by atoms with Gasteiger partial charge in [-0.2, -0.15) is 0 Å². The first-order valence-electron chi connectivity index (χ1n) is 12.6. The zero-order chi connectivity index (χ0) is 26.4. The van der Waals surface area contributed by atoms with Gasteiger partial charge in [0.25, 0.3) is 5.91 Å². The quantitative estimate of drug-likeness (QED) is 0.459. The number of carboxylic acid groups (broad SMARTS) is 1. The summed E-state index contributed by atoms with van der Waals surface area (Å²) in [6, 6.07) is 5.17. The maximum atomic E-state index is 14.5. The molecule has 8 nitrogen and oxygen atoms in total. The highest BCUT2D eigenvalue weighted by Gasteiger charge is 2.79. The number of aliphatic hydroxyl groups excluding tert-OH is 1.